The zero-order chi connectivity index (χ0) is 21.8. The third kappa shape index (κ3) is 4.43. The summed E-state index contributed by atoms with van der Waals surface area (Å²) in [6, 6.07) is 20.9. The normalized spacial score (nSPS) is 10.6. The summed E-state index contributed by atoms with van der Waals surface area (Å²) in [5, 5.41) is 7.15. The Balaban J connectivity index is 1.48. The molecule has 0 bridgehead atoms. The van der Waals surface area contributed by atoms with E-state index in [1.807, 2.05) is 54.6 Å². The summed E-state index contributed by atoms with van der Waals surface area (Å²) >= 11 is 0. The number of para-hydroxylation sites is 1. The van der Waals surface area contributed by atoms with Gasteiger partial charge < -0.3 is 5.32 Å². The monoisotopic (exact) mass is 410 g/mol. The molecule has 4 aromatic rings. The van der Waals surface area contributed by atoms with Crippen molar-refractivity contribution in [2.45, 2.75) is 20.3 Å². The molecule has 4 rings (SSSR count). The van der Waals surface area contributed by atoms with Gasteiger partial charge in [0.2, 0.25) is 0 Å². The smallest absolute Gasteiger partial charge is 0.296 e. The van der Waals surface area contributed by atoms with E-state index in [2.05, 4.69) is 15.4 Å². The fourth-order valence-electron chi connectivity index (χ4n) is 3.54. The van der Waals surface area contributed by atoms with Crippen molar-refractivity contribution in [2.24, 2.45) is 0 Å². The summed E-state index contributed by atoms with van der Waals surface area (Å²) in [6.45, 7) is 3.53. The Morgan fingerprint density at radius 3 is 2.19 bits per heavy atom. The molecule has 0 aliphatic heterocycles. The number of aromatic nitrogens is 3. The van der Waals surface area contributed by atoms with Crippen LogP contribution < -0.4 is 5.32 Å². The highest BCUT2D eigenvalue weighted by molar-refractivity contribution is 6.47. The SMILES string of the molecule is Cc1nn(-c2ccccc2)c(C)c1C(=O)C(=O)Nc1ccc(Cc2ccncc2)cc1. The highest BCUT2D eigenvalue weighted by atomic mass is 16.2. The molecule has 6 nitrogen and oxygen atoms in total. The average Bonchev–Trinajstić information content (AvgIpc) is 3.09. The van der Waals surface area contributed by atoms with Crippen LogP contribution in [0.1, 0.15) is 32.9 Å². The molecule has 1 amide bonds. The maximum Gasteiger partial charge on any atom is 0.296 e. The summed E-state index contributed by atoms with van der Waals surface area (Å²) in [4.78, 5) is 29.5. The van der Waals surface area contributed by atoms with Gasteiger partial charge in [0.05, 0.1) is 22.6 Å². The Morgan fingerprint density at radius 2 is 1.52 bits per heavy atom. The second-order valence-corrected chi connectivity index (χ2v) is 7.31. The fourth-order valence-corrected chi connectivity index (χ4v) is 3.54. The Labute approximate surface area is 180 Å². The molecule has 0 unspecified atom stereocenters. The van der Waals surface area contributed by atoms with Crippen molar-refractivity contribution in [1.29, 1.82) is 0 Å². The number of anilines is 1. The van der Waals surface area contributed by atoms with Crippen molar-refractivity contribution in [3.05, 3.63) is 107 Å². The predicted molar refractivity (Wildman–Crippen MR) is 119 cm³/mol. The predicted octanol–water partition coefficient (Wildman–Crippen LogP) is 4.30. The van der Waals surface area contributed by atoms with Gasteiger partial charge in [-0.3, -0.25) is 14.6 Å². The lowest BCUT2D eigenvalue weighted by Gasteiger charge is -2.07. The van der Waals surface area contributed by atoms with Gasteiger partial charge >= 0.3 is 0 Å². The summed E-state index contributed by atoms with van der Waals surface area (Å²) < 4.78 is 1.68. The number of nitrogens with one attached hydrogen (secondary N) is 1. The summed E-state index contributed by atoms with van der Waals surface area (Å²) in [7, 11) is 0. The number of Topliss-reactive ketones (excluding diaryl/α,β-unsaturated/α-hetero) is 1. The van der Waals surface area contributed by atoms with Gasteiger partial charge in [-0.25, -0.2) is 4.68 Å². The van der Waals surface area contributed by atoms with Gasteiger partial charge in [0.25, 0.3) is 11.7 Å². The molecular weight excluding hydrogens is 388 g/mol. The quantitative estimate of drug-likeness (QED) is 0.380. The minimum Gasteiger partial charge on any atom is -0.319 e. The van der Waals surface area contributed by atoms with E-state index in [0.29, 0.717) is 22.6 Å². The third-order valence-corrected chi connectivity index (χ3v) is 5.09. The topological polar surface area (TPSA) is 76.9 Å². The van der Waals surface area contributed by atoms with Gasteiger partial charge in [0.1, 0.15) is 0 Å². The third-order valence-electron chi connectivity index (χ3n) is 5.09. The van der Waals surface area contributed by atoms with Gasteiger partial charge in [0, 0.05) is 18.1 Å². The van der Waals surface area contributed by atoms with Crippen LogP contribution in [-0.2, 0) is 11.2 Å². The van der Waals surface area contributed by atoms with Crippen LogP contribution in [0.4, 0.5) is 5.69 Å². The first kappa shape index (κ1) is 20.2. The first-order valence-corrected chi connectivity index (χ1v) is 9.98. The van der Waals surface area contributed by atoms with Gasteiger partial charge in [-0.05, 0) is 67.8 Å². The van der Waals surface area contributed by atoms with Crippen LogP contribution in [0.15, 0.2) is 79.1 Å². The molecule has 0 atom stereocenters. The highest BCUT2D eigenvalue weighted by Crippen LogP contribution is 2.19. The second-order valence-electron chi connectivity index (χ2n) is 7.31. The molecule has 0 spiro atoms. The maximum atomic E-state index is 12.9. The van der Waals surface area contributed by atoms with Gasteiger partial charge in [-0.1, -0.05) is 30.3 Å². The number of benzene rings is 2. The van der Waals surface area contributed by atoms with Crippen LogP contribution in [0.25, 0.3) is 5.69 Å². The number of aryl methyl sites for hydroxylation is 1. The van der Waals surface area contributed by atoms with E-state index >= 15 is 0 Å². The summed E-state index contributed by atoms with van der Waals surface area (Å²) in [6.07, 6.45) is 4.30. The van der Waals surface area contributed by atoms with E-state index in [1.54, 1.807) is 43.1 Å². The number of hydrogen-bond acceptors (Lipinski definition) is 4. The standard InChI is InChI=1S/C25H22N4O2/c1-17-23(18(2)29(28-17)22-6-4-3-5-7-22)24(30)25(31)27-21-10-8-19(9-11-21)16-20-12-14-26-15-13-20/h3-15H,16H2,1-2H3,(H,27,31). The molecule has 6 heteroatoms. The maximum absolute atomic E-state index is 12.9. The van der Waals surface area contributed by atoms with Crippen molar-refractivity contribution in [1.82, 2.24) is 14.8 Å². The number of pyridine rings is 1. The average molecular weight is 410 g/mol. The molecule has 2 aromatic carbocycles. The van der Waals surface area contributed by atoms with Crippen LogP contribution >= 0.6 is 0 Å². The lowest BCUT2D eigenvalue weighted by atomic mass is 10.1. The first-order valence-electron chi connectivity index (χ1n) is 9.98. The largest absolute Gasteiger partial charge is 0.319 e. The molecule has 2 heterocycles. The number of rotatable bonds is 6. The summed E-state index contributed by atoms with van der Waals surface area (Å²) in [5.41, 5.74) is 5.16. The van der Waals surface area contributed by atoms with Crippen molar-refractivity contribution in [2.75, 3.05) is 5.32 Å². The van der Waals surface area contributed by atoms with Crippen LogP contribution in [0.3, 0.4) is 0 Å². The lowest BCUT2D eigenvalue weighted by Crippen LogP contribution is -2.24. The van der Waals surface area contributed by atoms with Crippen LogP contribution in [0.2, 0.25) is 0 Å². The Kier molecular flexibility index (Phi) is 5.71. The van der Waals surface area contributed by atoms with Crippen LogP contribution in [0, 0.1) is 13.8 Å². The van der Waals surface area contributed by atoms with Crippen molar-refractivity contribution < 1.29 is 9.59 Å². The zero-order valence-corrected chi connectivity index (χ0v) is 17.4. The van der Waals surface area contributed by atoms with Crippen molar-refractivity contribution >= 4 is 17.4 Å². The molecule has 0 saturated heterocycles. The van der Waals surface area contributed by atoms with Crippen molar-refractivity contribution in [3.8, 4) is 5.69 Å². The number of carbonyl (C=O) groups excluding carboxylic acids is 2. The molecule has 31 heavy (non-hydrogen) atoms. The van der Waals surface area contributed by atoms with E-state index < -0.39 is 11.7 Å². The van der Waals surface area contributed by atoms with Gasteiger partial charge in [0.15, 0.2) is 0 Å². The molecule has 1 N–H and O–H groups in total. The number of amides is 1. The molecule has 0 aliphatic rings. The van der Waals surface area contributed by atoms with E-state index in [9.17, 15) is 9.59 Å². The highest BCUT2D eigenvalue weighted by Gasteiger charge is 2.25. The minimum absolute atomic E-state index is 0.329. The van der Waals surface area contributed by atoms with Gasteiger partial charge in [-0.15, -0.1) is 0 Å². The first-order chi connectivity index (χ1) is 15.0. The Hall–Kier alpha value is -4.06. The molecule has 0 fully saturated rings. The molecule has 0 saturated carbocycles. The zero-order valence-electron chi connectivity index (χ0n) is 17.4. The van der Waals surface area contributed by atoms with Crippen LogP contribution in [-0.4, -0.2) is 26.5 Å². The van der Waals surface area contributed by atoms with E-state index in [0.717, 1.165) is 23.2 Å². The molecule has 0 aliphatic carbocycles. The Bertz CT molecular complexity index is 1210. The van der Waals surface area contributed by atoms with Crippen LogP contribution in [0.5, 0.6) is 0 Å². The number of carbonyl (C=O) groups is 2. The molecule has 154 valence electrons. The minimum atomic E-state index is -0.680. The van der Waals surface area contributed by atoms with E-state index in [1.165, 1.54) is 0 Å². The van der Waals surface area contributed by atoms with E-state index in [4.69, 9.17) is 0 Å². The number of nitrogens with zero attached hydrogens (tertiary/aromatic N) is 3. The lowest BCUT2D eigenvalue weighted by molar-refractivity contribution is -0.112. The number of ketones is 1. The molecular formula is C25H22N4O2. The Morgan fingerprint density at radius 1 is 0.871 bits per heavy atom. The number of hydrogen-bond donors (Lipinski definition) is 1. The summed E-state index contributed by atoms with van der Waals surface area (Å²) in [5.74, 6) is -1.28. The van der Waals surface area contributed by atoms with Crippen molar-refractivity contribution in [3.63, 3.8) is 0 Å². The van der Waals surface area contributed by atoms with E-state index in [-0.39, 0.29) is 0 Å². The van der Waals surface area contributed by atoms with Gasteiger partial charge in [-0.2, -0.15) is 5.10 Å². The second kappa shape index (κ2) is 8.75. The molecule has 2 aromatic heterocycles. The molecule has 0 radical (unpaired) electrons. The fraction of sp³-hybridized carbons (Fsp3) is 0.120.